The third kappa shape index (κ3) is 10.8. The number of aliphatic imine (C=N–C) groups is 1. The van der Waals surface area contributed by atoms with Gasteiger partial charge in [0.25, 0.3) is 0 Å². The molecule has 5 heteroatoms. The topological polar surface area (TPSA) is 40.0 Å². The van der Waals surface area contributed by atoms with Gasteiger partial charge in [0.1, 0.15) is 0 Å². The van der Waals surface area contributed by atoms with Crippen molar-refractivity contribution in [2.24, 2.45) is 10.9 Å². The molecule has 0 fully saturated rings. The van der Waals surface area contributed by atoms with E-state index >= 15 is 0 Å². The Morgan fingerprint density at radius 3 is 1.70 bits per heavy atom. The molecule has 4 nitrogen and oxygen atoms in total. The van der Waals surface area contributed by atoms with Gasteiger partial charge in [-0.15, -0.1) is 0 Å². The van der Waals surface area contributed by atoms with Crippen molar-refractivity contribution in [1.29, 1.82) is 0 Å². The first-order chi connectivity index (χ1) is 10.6. The third-order valence-corrected chi connectivity index (χ3v) is 5.66. The van der Waals surface area contributed by atoms with Crippen LogP contribution >= 0.6 is 0 Å². The van der Waals surface area contributed by atoms with E-state index in [0.717, 1.165) is 19.4 Å². The van der Waals surface area contributed by atoms with Crippen LogP contribution in [0.1, 0.15) is 54.4 Å². The SMILES string of the molecule is C=C(C)O[Si](CCCN=C(C)CC(C)C)(OC(=C)C)OC(=C)C. The van der Waals surface area contributed by atoms with Crippen LogP contribution in [0.2, 0.25) is 6.04 Å². The summed E-state index contributed by atoms with van der Waals surface area (Å²) in [6.07, 6.45) is 1.84. The van der Waals surface area contributed by atoms with Crippen LogP contribution in [0.3, 0.4) is 0 Å². The van der Waals surface area contributed by atoms with Crippen molar-refractivity contribution in [3.63, 3.8) is 0 Å². The highest BCUT2D eigenvalue weighted by atomic mass is 28.4. The first-order valence-electron chi connectivity index (χ1n) is 8.10. The summed E-state index contributed by atoms with van der Waals surface area (Å²) < 4.78 is 17.6. The van der Waals surface area contributed by atoms with E-state index in [9.17, 15) is 0 Å². The van der Waals surface area contributed by atoms with Crippen LogP contribution in [0, 0.1) is 5.92 Å². The normalized spacial score (nSPS) is 12.0. The Labute approximate surface area is 143 Å². The molecule has 0 aliphatic rings. The van der Waals surface area contributed by atoms with E-state index in [0.29, 0.717) is 29.2 Å². The Balaban J connectivity index is 4.88. The van der Waals surface area contributed by atoms with E-state index in [1.165, 1.54) is 5.71 Å². The molecule has 0 amide bonds. The highest BCUT2D eigenvalue weighted by molar-refractivity contribution is 6.61. The molecule has 0 unspecified atom stereocenters. The molecule has 0 spiro atoms. The Morgan fingerprint density at radius 1 is 0.913 bits per heavy atom. The molecular formula is C18H33NO3Si. The zero-order valence-electron chi connectivity index (χ0n) is 15.7. The fourth-order valence-electron chi connectivity index (χ4n) is 2.23. The van der Waals surface area contributed by atoms with Crippen molar-refractivity contribution >= 4 is 14.5 Å². The third-order valence-electron chi connectivity index (χ3n) is 2.72. The summed E-state index contributed by atoms with van der Waals surface area (Å²) in [5.41, 5.74) is 1.18. The van der Waals surface area contributed by atoms with Gasteiger partial charge in [-0.25, -0.2) is 0 Å². The maximum atomic E-state index is 5.86. The molecule has 0 aliphatic carbocycles. The number of rotatable bonds is 12. The second-order valence-corrected chi connectivity index (χ2v) is 8.89. The standard InChI is InChI=1S/C18H33NO3Si/c1-14(2)13-18(9)19-11-10-12-23(20-15(3)4,21-16(5)6)22-17(7)8/h14H,3,5,7,10-13H2,1-2,4,6,8-9H3. The summed E-state index contributed by atoms with van der Waals surface area (Å²) in [4.78, 5) is 4.61. The summed E-state index contributed by atoms with van der Waals surface area (Å²) >= 11 is 0. The van der Waals surface area contributed by atoms with Crippen molar-refractivity contribution in [3.8, 4) is 0 Å². The minimum Gasteiger partial charge on any atom is -0.488 e. The summed E-state index contributed by atoms with van der Waals surface area (Å²) in [6, 6.07) is 0.637. The van der Waals surface area contributed by atoms with Crippen molar-refractivity contribution in [3.05, 3.63) is 37.0 Å². The van der Waals surface area contributed by atoms with Gasteiger partial charge in [0.2, 0.25) is 0 Å². The van der Waals surface area contributed by atoms with Crippen LogP contribution in [0.15, 0.2) is 42.0 Å². The molecule has 132 valence electrons. The first kappa shape index (κ1) is 21.5. The van der Waals surface area contributed by atoms with Crippen molar-refractivity contribution < 1.29 is 13.3 Å². The van der Waals surface area contributed by atoms with Gasteiger partial charge in [-0.2, -0.15) is 0 Å². The predicted molar refractivity (Wildman–Crippen MR) is 100 cm³/mol. The van der Waals surface area contributed by atoms with Crippen molar-refractivity contribution in [2.45, 2.75) is 60.4 Å². The number of nitrogens with zero attached hydrogens (tertiary/aromatic N) is 1. The smallest absolute Gasteiger partial charge is 0.488 e. The molecule has 0 aromatic heterocycles. The van der Waals surface area contributed by atoms with E-state index in [1.54, 1.807) is 20.8 Å². The van der Waals surface area contributed by atoms with Gasteiger partial charge in [-0.05, 0) is 46.5 Å². The van der Waals surface area contributed by atoms with Crippen LogP contribution in [-0.2, 0) is 13.3 Å². The molecule has 0 N–H and O–H groups in total. The molecule has 0 bridgehead atoms. The van der Waals surface area contributed by atoms with Gasteiger partial charge in [0.15, 0.2) is 0 Å². The molecule has 0 aliphatic heterocycles. The Bertz CT molecular complexity index is 414. The van der Waals surface area contributed by atoms with E-state index in [-0.39, 0.29) is 0 Å². The highest BCUT2D eigenvalue weighted by Crippen LogP contribution is 2.25. The fourth-order valence-corrected chi connectivity index (χ4v) is 4.85. The molecule has 0 rings (SSSR count). The lowest BCUT2D eigenvalue weighted by Crippen LogP contribution is -2.44. The Morgan fingerprint density at radius 2 is 1.35 bits per heavy atom. The zero-order chi connectivity index (χ0) is 18.0. The van der Waals surface area contributed by atoms with Crippen LogP contribution < -0.4 is 0 Å². The first-order valence-corrected chi connectivity index (χ1v) is 10.0. The lowest BCUT2D eigenvalue weighted by Gasteiger charge is -2.30. The number of allylic oxidation sites excluding steroid dienone is 3. The molecule has 0 aromatic carbocycles. The van der Waals surface area contributed by atoms with Crippen LogP contribution in [0.4, 0.5) is 0 Å². The van der Waals surface area contributed by atoms with E-state index < -0.39 is 8.80 Å². The van der Waals surface area contributed by atoms with Crippen molar-refractivity contribution in [2.75, 3.05) is 6.54 Å². The van der Waals surface area contributed by atoms with Gasteiger partial charge in [-0.3, -0.25) is 4.99 Å². The average Bonchev–Trinajstić information content (AvgIpc) is 2.30. The summed E-state index contributed by atoms with van der Waals surface area (Å²) in [5.74, 6) is 2.33. The largest absolute Gasteiger partial charge is 0.698 e. The summed E-state index contributed by atoms with van der Waals surface area (Å²) in [5, 5.41) is 0. The van der Waals surface area contributed by atoms with Gasteiger partial charge in [0, 0.05) is 12.3 Å². The molecule has 0 saturated heterocycles. The molecule has 0 radical (unpaired) electrons. The number of hydrogen-bond donors (Lipinski definition) is 0. The second-order valence-electron chi connectivity index (χ2n) is 6.41. The molecule has 0 heterocycles. The van der Waals surface area contributed by atoms with Crippen LogP contribution in [0.25, 0.3) is 0 Å². The van der Waals surface area contributed by atoms with Gasteiger partial charge < -0.3 is 13.3 Å². The van der Waals surface area contributed by atoms with Crippen molar-refractivity contribution in [1.82, 2.24) is 0 Å². The lowest BCUT2D eigenvalue weighted by molar-refractivity contribution is 0.144. The van der Waals surface area contributed by atoms with Gasteiger partial charge in [0.05, 0.1) is 23.3 Å². The minimum absolute atomic E-state index is 0.568. The predicted octanol–water partition coefficient (Wildman–Crippen LogP) is 5.47. The van der Waals surface area contributed by atoms with Gasteiger partial charge >= 0.3 is 8.80 Å². The lowest BCUT2D eigenvalue weighted by atomic mass is 10.1. The molecule has 0 aromatic rings. The second kappa shape index (κ2) is 10.3. The Kier molecular flexibility index (Phi) is 9.64. The maximum Gasteiger partial charge on any atom is 0.698 e. The number of hydrogen-bond acceptors (Lipinski definition) is 4. The highest BCUT2D eigenvalue weighted by Gasteiger charge is 2.48. The summed E-state index contributed by atoms with van der Waals surface area (Å²) in [6.45, 7) is 24.0. The zero-order valence-corrected chi connectivity index (χ0v) is 16.7. The molecule has 0 atom stereocenters. The fraction of sp³-hybridized carbons (Fsp3) is 0.611. The van der Waals surface area contributed by atoms with Crippen LogP contribution in [-0.4, -0.2) is 21.1 Å². The quantitative estimate of drug-likeness (QED) is 0.205. The molecular weight excluding hydrogens is 306 g/mol. The van der Waals surface area contributed by atoms with E-state index in [2.05, 4.69) is 45.5 Å². The minimum atomic E-state index is -2.96. The molecule has 23 heavy (non-hydrogen) atoms. The van der Waals surface area contributed by atoms with E-state index in [1.807, 2.05) is 0 Å². The Hall–Kier alpha value is -1.49. The monoisotopic (exact) mass is 339 g/mol. The average molecular weight is 340 g/mol. The van der Waals surface area contributed by atoms with Crippen LogP contribution in [0.5, 0.6) is 0 Å². The summed E-state index contributed by atoms with van der Waals surface area (Å²) in [7, 11) is -2.96. The maximum absolute atomic E-state index is 5.86. The van der Waals surface area contributed by atoms with E-state index in [4.69, 9.17) is 13.3 Å². The molecule has 0 saturated carbocycles. The van der Waals surface area contributed by atoms with Gasteiger partial charge in [-0.1, -0.05) is 33.6 Å².